The van der Waals surface area contributed by atoms with E-state index in [0.29, 0.717) is 101 Å². The Morgan fingerprint density at radius 1 is 1.07 bits per heavy atom. The standard InChI is InChI=1S/C55H68F3N9O6S/c1-32(72-5)44-36(12-8-20-59-44)47-38-26-53(2,3)31-73-52(71)39-13-9-21-67(62-39)50(69)40(25-43-60-41(27-74-43)35-16-17-42(37(38)24-35)66(47)30-55(56,57)58)61-49(68)46(33-10-6-7-11-33)64-22-18-54(28-64)19-23-65(29-54)51(70)48-45(63(48)4)34-14-15-34/h8,10,12,16-17,20,24,27,32,34,39-40,45-46,48,62H,6-7,9,11,13-15,18-19,21-23,25-26,28-31H2,1-5H3,(H,61,68)/t32-,39-,40-,45+,46-,48+,54-,63?/m0/s1. The van der Waals surface area contributed by atoms with E-state index >= 15 is 4.79 Å². The lowest BCUT2D eigenvalue weighted by Gasteiger charge is -2.36. The zero-order chi connectivity index (χ0) is 51.8. The fraction of sp³-hybridized carbons (Fsp3) is 0.600. The van der Waals surface area contributed by atoms with Crippen LogP contribution in [0.3, 0.4) is 0 Å². The maximum Gasteiger partial charge on any atom is 0.406 e. The second-order valence-electron chi connectivity index (χ2n) is 23.0. The molecule has 11 rings (SSSR count). The van der Waals surface area contributed by atoms with Gasteiger partial charge < -0.3 is 24.3 Å². The number of hydrogen-bond acceptors (Lipinski definition) is 12. The van der Waals surface area contributed by atoms with Gasteiger partial charge >= 0.3 is 12.1 Å². The maximum atomic E-state index is 15.1. The van der Waals surface area contributed by atoms with Crippen LogP contribution in [0.1, 0.15) is 101 Å². The molecule has 7 aliphatic rings. The normalized spacial score (nSPS) is 28.3. The first kappa shape index (κ1) is 50.9. The fourth-order valence-electron chi connectivity index (χ4n) is 12.9. The number of likely N-dealkylation sites (tertiary alicyclic amines) is 2. The smallest absolute Gasteiger partial charge is 0.406 e. The van der Waals surface area contributed by atoms with Crippen LogP contribution in [0.25, 0.3) is 33.4 Å². The van der Waals surface area contributed by atoms with Crippen molar-refractivity contribution in [2.75, 3.05) is 53.5 Å². The highest BCUT2D eigenvalue weighted by molar-refractivity contribution is 7.10. The van der Waals surface area contributed by atoms with Gasteiger partial charge in [0.05, 0.1) is 34.8 Å². The summed E-state index contributed by atoms with van der Waals surface area (Å²) in [6.45, 7) is 7.39. The quantitative estimate of drug-likeness (QED) is 0.0939. The molecule has 15 nitrogen and oxygen atoms in total. The van der Waals surface area contributed by atoms with Gasteiger partial charge in [-0.1, -0.05) is 26.0 Å². The molecule has 74 heavy (non-hydrogen) atoms. The molecule has 19 heteroatoms. The number of hydrogen-bond donors (Lipinski definition) is 2. The first-order valence-corrected chi connectivity index (χ1v) is 27.4. The van der Waals surface area contributed by atoms with Crippen molar-refractivity contribution in [3.05, 3.63) is 69.8 Å². The Morgan fingerprint density at radius 3 is 2.64 bits per heavy atom. The van der Waals surface area contributed by atoms with Gasteiger partial charge in [-0.2, -0.15) is 13.2 Å². The van der Waals surface area contributed by atoms with E-state index in [2.05, 4.69) is 43.5 Å². The molecule has 1 spiro atoms. The fourth-order valence-corrected chi connectivity index (χ4v) is 13.7. The number of ether oxygens (including phenoxy) is 2. The molecule has 2 aliphatic carbocycles. The van der Waals surface area contributed by atoms with Crippen LogP contribution in [0.4, 0.5) is 13.2 Å². The monoisotopic (exact) mass is 1040 g/mol. The number of aromatic nitrogens is 3. The van der Waals surface area contributed by atoms with Crippen molar-refractivity contribution in [2.45, 2.75) is 140 Å². The molecule has 1 unspecified atom stereocenters. The number of carbonyl (C=O) groups excluding carboxylic acids is 4. The molecule has 396 valence electrons. The molecular formula is C55H68F3N9O6S. The predicted octanol–water partition coefficient (Wildman–Crippen LogP) is 7.24. The predicted molar refractivity (Wildman–Crippen MR) is 273 cm³/mol. The summed E-state index contributed by atoms with van der Waals surface area (Å²) < 4.78 is 57.3. The van der Waals surface area contributed by atoms with Crippen molar-refractivity contribution in [1.82, 2.24) is 45.0 Å². The number of carbonyl (C=O) groups is 4. The van der Waals surface area contributed by atoms with Gasteiger partial charge in [-0.3, -0.25) is 39.0 Å². The second kappa shape index (κ2) is 19.7. The number of methoxy groups -OCH3 is 1. The molecule has 1 aromatic carbocycles. The lowest BCUT2D eigenvalue weighted by molar-refractivity contribution is -0.155. The van der Waals surface area contributed by atoms with E-state index in [0.717, 1.165) is 44.2 Å². The zero-order valence-corrected chi connectivity index (χ0v) is 43.8. The molecule has 8 heterocycles. The number of esters is 1. The molecule has 4 aromatic rings. The number of pyridine rings is 1. The summed E-state index contributed by atoms with van der Waals surface area (Å²) in [6, 6.07) is 6.67. The van der Waals surface area contributed by atoms with E-state index in [1.165, 1.54) is 40.9 Å². The molecule has 4 saturated heterocycles. The summed E-state index contributed by atoms with van der Waals surface area (Å²) in [7, 11) is 3.60. The SMILES string of the molecule is CO[C@@H](C)c1ncccc1-c1c2c3cc(ccc3n1CC(F)(F)F)-c1csc(n1)C[C@H](NC(=O)[C@H](C1=CCCC1)N1CC[C@]3(CCN(C(=O)[C@H]4[C@@H](C5CC5)N4C)C3)C1)C(=O)N1CCC[C@H](N1)C(=O)OCC(C)(C)C2. The second-order valence-corrected chi connectivity index (χ2v) is 23.9. The van der Waals surface area contributed by atoms with Crippen molar-refractivity contribution >= 4 is 45.9 Å². The number of allylic oxidation sites excluding steroid dienone is 1. The lowest BCUT2D eigenvalue weighted by atomic mass is 9.84. The molecule has 2 N–H and O–H groups in total. The topological polar surface area (TPSA) is 154 Å². The summed E-state index contributed by atoms with van der Waals surface area (Å²) in [5.41, 5.74) is 6.91. The van der Waals surface area contributed by atoms with E-state index in [4.69, 9.17) is 14.5 Å². The van der Waals surface area contributed by atoms with Crippen LogP contribution in [0.5, 0.6) is 0 Å². The first-order valence-electron chi connectivity index (χ1n) is 26.5. The Bertz CT molecular complexity index is 2880. The van der Waals surface area contributed by atoms with Crippen LogP contribution in [-0.4, -0.2) is 148 Å². The number of hydrazine groups is 1. The van der Waals surface area contributed by atoms with E-state index in [1.807, 2.05) is 32.2 Å². The van der Waals surface area contributed by atoms with Crippen molar-refractivity contribution < 1.29 is 41.8 Å². The van der Waals surface area contributed by atoms with E-state index in [1.54, 1.807) is 30.5 Å². The summed E-state index contributed by atoms with van der Waals surface area (Å²) in [4.78, 5) is 74.1. The number of fused-ring (bicyclic) bond motifs is 6. The summed E-state index contributed by atoms with van der Waals surface area (Å²) in [5, 5.41) is 7.71. The molecule has 5 fully saturated rings. The van der Waals surface area contributed by atoms with Gasteiger partial charge in [0.15, 0.2) is 0 Å². The molecule has 1 saturated carbocycles. The van der Waals surface area contributed by atoms with Gasteiger partial charge in [0.2, 0.25) is 11.8 Å². The molecular weight excluding hydrogens is 972 g/mol. The summed E-state index contributed by atoms with van der Waals surface area (Å²) in [6.07, 6.45) is 6.60. The molecule has 3 aromatic heterocycles. The highest BCUT2D eigenvalue weighted by Gasteiger charge is 2.59. The number of thiazole rings is 1. The molecule has 0 radical (unpaired) electrons. The molecule has 6 bridgehead atoms. The minimum absolute atomic E-state index is 0.0182. The summed E-state index contributed by atoms with van der Waals surface area (Å²) >= 11 is 1.34. The van der Waals surface area contributed by atoms with Crippen molar-refractivity contribution in [3.63, 3.8) is 0 Å². The van der Waals surface area contributed by atoms with Gasteiger partial charge in [-0.15, -0.1) is 11.3 Å². The van der Waals surface area contributed by atoms with Crippen LogP contribution >= 0.6 is 11.3 Å². The first-order chi connectivity index (χ1) is 35.4. The molecule has 3 amide bonds. The largest absolute Gasteiger partial charge is 0.464 e. The summed E-state index contributed by atoms with van der Waals surface area (Å²) in [5.74, 6) is -0.341. The van der Waals surface area contributed by atoms with Gasteiger partial charge in [-0.25, -0.2) is 10.4 Å². The highest BCUT2D eigenvalue weighted by Crippen LogP contribution is 2.49. The average Bonchev–Trinajstić information content (AvgIpc) is 3.84. The number of likely N-dealkylation sites (N-methyl/N-ethyl adjacent to an activating group) is 1. The van der Waals surface area contributed by atoms with Gasteiger partial charge in [0.25, 0.3) is 5.91 Å². The van der Waals surface area contributed by atoms with Crippen LogP contribution in [0.2, 0.25) is 0 Å². The number of alkyl halides is 3. The zero-order valence-electron chi connectivity index (χ0n) is 43.0. The van der Waals surface area contributed by atoms with E-state index in [-0.39, 0.29) is 42.7 Å². The molecule has 8 atom stereocenters. The van der Waals surface area contributed by atoms with Crippen molar-refractivity contribution in [1.29, 1.82) is 0 Å². The van der Waals surface area contributed by atoms with E-state index < -0.39 is 54.2 Å². The van der Waals surface area contributed by atoms with Crippen LogP contribution < -0.4 is 10.7 Å². The van der Waals surface area contributed by atoms with Crippen molar-refractivity contribution in [3.8, 4) is 22.5 Å². The number of rotatable bonds is 10. The minimum Gasteiger partial charge on any atom is -0.464 e. The minimum atomic E-state index is -4.58. The van der Waals surface area contributed by atoms with Crippen LogP contribution in [0.15, 0.2) is 53.6 Å². The number of nitrogens with one attached hydrogen (secondary N) is 2. The van der Waals surface area contributed by atoms with Crippen LogP contribution in [-0.2, 0) is 48.0 Å². The number of benzene rings is 1. The van der Waals surface area contributed by atoms with Gasteiger partial charge in [0.1, 0.15) is 30.7 Å². The third kappa shape index (κ3) is 10.0. The Kier molecular flexibility index (Phi) is 13.6. The number of amides is 3. The van der Waals surface area contributed by atoms with Gasteiger partial charge in [-0.05, 0) is 126 Å². The van der Waals surface area contributed by atoms with Gasteiger partial charge in [0, 0.05) is 90.2 Å². The number of halogens is 3. The van der Waals surface area contributed by atoms with Crippen molar-refractivity contribution in [2.24, 2.45) is 16.7 Å². The Labute approximate surface area is 434 Å². The number of cyclic esters (lactones) is 1. The highest BCUT2D eigenvalue weighted by atomic mass is 32.1. The van der Waals surface area contributed by atoms with E-state index in [9.17, 15) is 27.6 Å². The van der Waals surface area contributed by atoms with Crippen LogP contribution in [0, 0.1) is 16.7 Å². The average molecular weight is 1040 g/mol. The molecule has 5 aliphatic heterocycles. The Morgan fingerprint density at radius 2 is 1.88 bits per heavy atom. The maximum absolute atomic E-state index is 15.1. The Hall–Kier alpha value is -5.21. The third-order valence-electron chi connectivity index (χ3n) is 16.9. The lowest BCUT2D eigenvalue weighted by Crippen LogP contribution is -2.61. The Balaban J connectivity index is 0.924. The third-order valence-corrected chi connectivity index (χ3v) is 17.8. The number of nitrogens with zero attached hydrogens (tertiary/aromatic N) is 7.